The van der Waals surface area contributed by atoms with Crippen molar-refractivity contribution in [1.82, 2.24) is 4.90 Å². The maximum atomic E-state index is 10.6. The molecule has 1 saturated heterocycles. The highest BCUT2D eigenvalue weighted by atomic mass is 32.1. The van der Waals surface area contributed by atoms with Gasteiger partial charge in [0.25, 0.3) is 0 Å². The average molecular weight is 281 g/mol. The number of hydrogen-bond acceptors (Lipinski definition) is 3. The average Bonchev–Trinajstić information content (AvgIpc) is 2.75. The fourth-order valence-corrected chi connectivity index (χ4v) is 3.65. The first-order chi connectivity index (χ1) is 9.10. The number of rotatable bonds is 5. The molecule has 19 heavy (non-hydrogen) atoms. The minimum atomic E-state index is -0.245. The molecular weight excluding hydrogens is 254 g/mol. The van der Waals surface area contributed by atoms with E-state index in [4.69, 9.17) is 0 Å². The molecule has 1 aromatic rings. The van der Waals surface area contributed by atoms with Gasteiger partial charge in [0.1, 0.15) is 0 Å². The van der Waals surface area contributed by atoms with E-state index in [1.54, 1.807) is 11.3 Å². The normalized spacial score (nSPS) is 20.2. The lowest BCUT2D eigenvalue weighted by Crippen LogP contribution is -2.52. The van der Waals surface area contributed by atoms with Gasteiger partial charge in [0.2, 0.25) is 0 Å². The molecule has 1 N–H and O–H groups in total. The van der Waals surface area contributed by atoms with Crippen molar-refractivity contribution in [2.75, 3.05) is 13.1 Å². The molecule has 1 atom stereocenters. The van der Waals surface area contributed by atoms with E-state index >= 15 is 0 Å². The molecule has 0 aromatic carbocycles. The molecule has 2 rings (SSSR count). The molecule has 0 amide bonds. The standard InChI is InChI=1S/C16H27NOS/c1-16(2,17-10-5-3-4-6-11-17)15(18)8-7-14-9-12-19-13-14/h9,12-13,15,18H,3-8,10-11H2,1-2H3. The Bertz CT molecular complexity index is 353. The zero-order chi connectivity index (χ0) is 13.7. The van der Waals surface area contributed by atoms with Crippen molar-refractivity contribution in [1.29, 1.82) is 0 Å². The van der Waals surface area contributed by atoms with E-state index in [1.165, 1.54) is 31.2 Å². The van der Waals surface area contributed by atoms with Crippen molar-refractivity contribution in [3.05, 3.63) is 22.4 Å². The lowest BCUT2D eigenvalue weighted by Gasteiger charge is -2.41. The van der Waals surface area contributed by atoms with Gasteiger partial charge in [-0.15, -0.1) is 0 Å². The van der Waals surface area contributed by atoms with Crippen LogP contribution in [-0.2, 0) is 6.42 Å². The zero-order valence-corrected chi connectivity index (χ0v) is 13.1. The predicted octanol–water partition coefficient (Wildman–Crippen LogP) is 3.70. The number of aliphatic hydroxyl groups excluding tert-OH is 1. The Hall–Kier alpha value is -0.380. The van der Waals surface area contributed by atoms with Gasteiger partial charge in [-0.25, -0.2) is 0 Å². The Morgan fingerprint density at radius 2 is 1.95 bits per heavy atom. The maximum Gasteiger partial charge on any atom is 0.0721 e. The van der Waals surface area contributed by atoms with E-state index in [9.17, 15) is 5.11 Å². The topological polar surface area (TPSA) is 23.5 Å². The largest absolute Gasteiger partial charge is 0.391 e. The molecule has 108 valence electrons. The van der Waals surface area contributed by atoms with E-state index < -0.39 is 0 Å². The van der Waals surface area contributed by atoms with Gasteiger partial charge < -0.3 is 5.11 Å². The fourth-order valence-electron chi connectivity index (χ4n) is 2.95. The molecule has 2 nitrogen and oxygen atoms in total. The van der Waals surface area contributed by atoms with Gasteiger partial charge in [0.15, 0.2) is 0 Å². The number of thiophene rings is 1. The molecule has 2 heterocycles. The van der Waals surface area contributed by atoms with Crippen LogP contribution in [-0.4, -0.2) is 34.7 Å². The molecule has 3 heteroatoms. The Kier molecular flexibility index (Phi) is 5.43. The summed E-state index contributed by atoms with van der Waals surface area (Å²) in [5, 5.41) is 14.9. The first-order valence-electron chi connectivity index (χ1n) is 7.55. The third-order valence-electron chi connectivity index (χ3n) is 4.52. The quantitative estimate of drug-likeness (QED) is 0.889. The van der Waals surface area contributed by atoms with E-state index in [0.717, 1.165) is 25.9 Å². The van der Waals surface area contributed by atoms with Crippen LogP contribution in [0, 0.1) is 0 Å². The van der Waals surface area contributed by atoms with Gasteiger partial charge >= 0.3 is 0 Å². The van der Waals surface area contributed by atoms with Crippen molar-refractivity contribution in [2.45, 2.75) is 64.0 Å². The molecule has 0 bridgehead atoms. The van der Waals surface area contributed by atoms with Crippen molar-refractivity contribution in [2.24, 2.45) is 0 Å². The molecule has 0 saturated carbocycles. The second kappa shape index (κ2) is 6.87. The number of aliphatic hydroxyl groups is 1. The molecule has 0 aliphatic carbocycles. The summed E-state index contributed by atoms with van der Waals surface area (Å²) in [6.07, 6.45) is 6.85. The third kappa shape index (κ3) is 4.04. The highest BCUT2D eigenvalue weighted by molar-refractivity contribution is 7.07. The predicted molar refractivity (Wildman–Crippen MR) is 82.8 cm³/mol. The number of likely N-dealkylation sites (tertiary alicyclic amines) is 1. The molecule has 1 unspecified atom stereocenters. The van der Waals surface area contributed by atoms with Crippen molar-refractivity contribution in [3.8, 4) is 0 Å². The van der Waals surface area contributed by atoms with Gasteiger partial charge in [0.05, 0.1) is 6.10 Å². The Labute approximate surface area is 121 Å². The highest BCUT2D eigenvalue weighted by Gasteiger charge is 2.33. The van der Waals surface area contributed by atoms with E-state index in [1.807, 2.05) is 0 Å². The summed E-state index contributed by atoms with van der Waals surface area (Å²) in [4.78, 5) is 2.50. The maximum absolute atomic E-state index is 10.6. The monoisotopic (exact) mass is 281 g/mol. The number of aryl methyl sites for hydroxylation is 1. The van der Waals surface area contributed by atoms with Gasteiger partial charge in [0, 0.05) is 5.54 Å². The Morgan fingerprint density at radius 3 is 2.53 bits per heavy atom. The molecule has 1 fully saturated rings. The minimum absolute atomic E-state index is 0.0969. The van der Waals surface area contributed by atoms with Crippen LogP contribution in [0.3, 0.4) is 0 Å². The highest BCUT2D eigenvalue weighted by Crippen LogP contribution is 2.26. The summed E-state index contributed by atoms with van der Waals surface area (Å²) >= 11 is 1.74. The van der Waals surface area contributed by atoms with Crippen LogP contribution in [0.5, 0.6) is 0 Å². The van der Waals surface area contributed by atoms with Gasteiger partial charge in [-0.05, 0) is 75.0 Å². The van der Waals surface area contributed by atoms with E-state index in [0.29, 0.717) is 0 Å². The van der Waals surface area contributed by atoms with Crippen LogP contribution >= 0.6 is 11.3 Å². The zero-order valence-electron chi connectivity index (χ0n) is 12.3. The van der Waals surface area contributed by atoms with E-state index in [-0.39, 0.29) is 11.6 Å². The molecule has 1 aliphatic rings. The fraction of sp³-hybridized carbons (Fsp3) is 0.750. The van der Waals surface area contributed by atoms with Crippen LogP contribution < -0.4 is 0 Å². The lowest BCUT2D eigenvalue weighted by molar-refractivity contribution is -0.0124. The first-order valence-corrected chi connectivity index (χ1v) is 8.49. The van der Waals surface area contributed by atoms with Crippen molar-refractivity contribution in [3.63, 3.8) is 0 Å². The lowest BCUT2D eigenvalue weighted by atomic mass is 9.90. The van der Waals surface area contributed by atoms with Gasteiger partial charge in [-0.1, -0.05) is 12.8 Å². The van der Waals surface area contributed by atoms with Crippen LogP contribution in [0.15, 0.2) is 16.8 Å². The number of hydrogen-bond donors (Lipinski definition) is 1. The van der Waals surface area contributed by atoms with Crippen molar-refractivity contribution >= 4 is 11.3 Å². The van der Waals surface area contributed by atoms with Crippen LogP contribution in [0.4, 0.5) is 0 Å². The molecule has 1 aliphatic heterocycles. The summed E-state index contributed by atoms with van der Waals surface area (Å²) in [5.74, 6) is 0. The molecule has 1 aromatic heterocycles. The Balaban J connectivity index is 1.89. The van der Waals surface area contributed by atoms with Crippen LogP contribution in [0.25, 0.3) is 0 Å². The summed E-state index contributed by atoms with van der Waals surface area (Å²) in [5.41, 5.74) is 1.26. The van der Waals surface area contributed by atoms with Gasteiger partial charge in [-0.2, -0.15) is 11.3 Å². The summed E-state index contributed by atoms with van der Waals surface area (Å²) in [6, 6.07) is 2.16. The van der Waals surface area contributed by atoms with Crippen LogP contribution in [0.2, 0.25) is 0 Å². The molecular formula is C16H27NOS. The summed E-state index contributed by atoms with van der Waals surface area (Å²) < 4.78 is 0. The van der Waals surface area contributed by atoms with E-state index in [2.05, 4.69) is 35.6 Å². The minimum Gasteiger partial charge on any atom is -0.391 e. The van der Waals surface area contributed by atoms with Gasteiger partial charge in [-0.3, -0.25) is 4.90 Å². The summed E-state index contributed by atoms with van der Waals surface area (Å²) in [6.45, 7) is 6.69. The second-order valence-electron chi connectivity index (χ2n) is 6.24. The second-order valence-corrected chi connectivity index (χ2v) is 7.02. The summed E-state index contributed by atoms with van der Waals surface area (Å²) in [7, 11) is 0. The smallest absolute Gasteiger partial charge is 0.0721 e. The van der Waals surface area contributed by atoms with Crippen LogP contribution in [0.1, 0.15) is 51.5 Å². The SMILES string of the molecule is CC(C)(C(O)CCc1ccsc1)N1CCCCCC1. The molecule has 0 spiro atoms. The van der Waals surface area contributed by atoms with Crippen molar-refractivity contribution < 1.29 is 5.11 Å². The molecule has 0 radical (unpaired) electrons. The third-order valence-corrected chi connectivity index (χ3v) is 5.26. The first kappa shape index (κ1) is 15.0. The Morgan fingerprint density at radius 1 is 1.26 bits per heavy atom. The number of nitrogens with zero attached hydrogens (tertiary/aromatic N) is 1.